The van der Waals surface area contributed by atoms with Gasteiger partial charge in [0.05, 0.1) is 11.3 Å². The molecule has 0 spiro atoms. The Morgan fingerprint density at radius 3 is 2.74 bits per heavy atom. The molecular formula is C15H20FNO2. The fraction of sp³-hybridized carbons (Fsp3) is 0.533. The van der Waals surface area contributed by atoms with Crippen LogP contribution in [0.15, 0.2) is 18.2 Å². The fourth-order valence-electron chi connectivity index (χ4n) is 2.85. The van der Waals surface area contributed by atoms with Crippen LogP contribution in [-0.4, -0.2) is 17.1 Å². The SMILES string of the molecule is CC1CCC(Nc2cc(C(=O)O)ccc2F)C(C)C1. The molecule has 0 bridgehead atoms. The van der Waals surface area contributed by atoms with Gasteiger partial charge in [-0.1, -0.05) is 13.8 Å². The van der Waals surface area contributed by atoms with Gasteiger partial charge in [-0.3, -0.25) is 0 Å². The van der Waals surface area contributed by atoms with Crippen molar-refractivity contribution in [2.24, 2.45) is 11.8 Å². The molecule has 4 heteroatoms. The monoisotopic (exact) mass is 265 g/mol. The van der Waals surface area contributed by atoms with Crippen molar-refractivity contribution in [2.45, 2.75) is 39.2 Å². The van der Waals surface area contributed by atoms with Crippen LogP contribution in [0.4, 0.5) is 10.1 Å². The molecule has 2 N–H and O–H groups in total. The van der Waals surface area contributed by atoms with E-state index in [1.54, 1.807) is 0 Å². The Balaban J connectivity index is 2.14. The van der Waals surface area contributed by atoms with Crippen LogP contribution in [0.5, 0.6) is 0 Å². The van der Waals surface area contributed by atoms with E-state index in [9.17, 15) is 9.18 Å². The second-order valence-electron chi connectivity index (χ2n) is 5.65. The van der Waals surface area contributed by atoms with Crippen molar-refractivity contribution >= 4 is 11.7 Å². The number of halogens is 1. The number of carbonyl (C=O) groups is 1. The van der Waals surface area contributed by atoms with Crippen LogP contribution in [0, 0.1) is 17.7 Å². The molecule has 0 amide bonds. The van der Waals surface area contributed by atoms with E-state index in [0.717, 1.165) is 19.3 Å². The summed E-state index contributed by atoms with van der Waals surface area (Å²) < 4.78 is 13.7. The number of aromatic carboxylic acids is 1. The van der Waals surface area contributed by atoms with Gasteiger partial charge in [0, 0.05) is 6.04 Å². The van der Waals surface area contributed by atoms with E-state index in [0.29, 0.717) is 17.5 Å². The van der Waals surface area contributed by atoms with Crippen molar-refractivity contribution in [3.63, 3.8) is 0 Å². The lowest BCUT2D eigenvalue weighted by atomic mass is 9.80. The number of carboxylic acid groups (broad SMARTS) is 1. The molecule has 3 atom stereocenters. The highest BCUT2D eigenvalue weighted by Crippen LogP contribution is 2.31. The van der Waals surface area contributed by atoms with Gasteiger partial charge in [-0.25, -0.2) is 9.18 Å². The predicted molar refractivity (Wildman–Crippen MR) is 72.9 cm³/mol. The van der Waals surface area contributed by atoms with Crippen molar-refractivity contribution in [2.75, 3.05) is 5.32 Å². The summed E-state index contributed by atoms with van der Waals surface area (Å²) in [6.45, 7) is 4.39. The molecule has 0 radical (unpaired) electrons. The number of rotatable bonds is 3. The maximum atomic E-state index is 13.7. The van der Waals surface area contributed by atoms with Gasteiger partial charge in [0.1, 0.15) is 5.82 Å². The molecule has 3 nitrogen and oxygen atoms in total. The molecule has 104 valence electrons. The highest BCUT2D eigenvalue weighted by atomic mass is 19.1. The average Bonchev–Trinajstić information content (AvgIpc) is 2.34. The van der Waals surface area contributed by atoms with Gasteiger partial charge in [-0.15, -0.1) is 0 Å². The van der Waals surface area contributed by atoms with Gasteiger partial charge >= 0.3 is 5.97 Å². The molecule has 1 aromatic rings. The zero-order chi connectivity index (χ0) is 14.0. The third-order valence-electron chi connectivity index (χ3n) is 3.99. The van der Waals surface area contributed by atoms with Gasteiger partial charge in [0.15, 0.2) is 0 Å². The number of benzene rings is 1. The standard InChI is InChI=1S/C15H20FNO2/c1-9-3-6-13(10(2)7-9)17-14-8-11(15(18)19)4-5-12(14)16/h4-5,8-10,13,17H,3,6-7H2,1-2H3,(H,18,19). The first-order valence-corrected chi connectivity index (χ1v) is 6.76. The van der Waals surface area contributed by atoms with Crippen molar-refractivity contribution < 1.29 is 14.3 Å². The Labute approximate surface area is 112 Å². The number of nitrogens with one attached hydrogen (secondary N) is 1. The molecule has 1 aromatic carbocycles. The van der Waals surface area contributed by atoms with Crippen LogP contribution in [0.1, 0.15) is 43.5 Å². The van der Waals surface area contributed by atoms with Crippen molar-refractivity contribution in [1.29, 1.82) is 0 Å². The van der Waals surface area contributed by atoms with Gasteiger partial charge in [0.2, 0.25) is 0 Å². The van der Waals surface area contributed by atoms with Crippen LogP contribution in [0.25, 0.3) is 0 Å². The largest absolute Gasteiger partial charge is 0.478 e. The summed E-state index contributed by atoms with van der Waals surface area (Å²) in [6.07, 6.45) is 3.25. The number of hydrogen-bond donors (Lipinski definition) is 2. The molecule has 0 aromatic heterocycles. The Morgan fingerprint density at radius 2 is 2.11 bits per heavy atom. The van der Waals surface area contributed by atoms with E-state index >= 15 is 0 Å². The lowest BCUT2D eigenvalue weighted by molar-refractivity contribution is 0.0697. The Morgan fingerprint density at radius 1 is 1.37 bits per heavy atom. The highest BCUT2D eigenvalue weighted by Gasteiger charge is 2.25. The van der Waals surface area contributed by atoms with E-state index in [-0.39, 0.29) is 11.6 Å². The quantitative estimate of drug-likeness (QED) is 0.874. The first kappa shape index (κ1) is 13.8. The molecule has 0 heterocycles. The van der Waals surface area contributed by atoms with Crippen molar-refractivity contribution in [3.05, 3.63) is 29.6 Å². The Hall–Kier alpha value is -1.58. The number of hydrogen-bond acceptors (Lipinski definition) is 2. The zero-order valence-electron chi connectivity index (χ0n) is 11.3. The molecular weight excluding hydrogens is 245 g/mol. The lowest BCUT2D eigenvalue weighted by Crippen LogP contribution is -2.33. The fourth-order valence-corrected chi connectivity index (χ4v) is 2.85. The zero-order valence-corrected chi connectivity index (χ0v) is 11.3. The number of anilines is 1. The smallest absolute Gasteiger partial charge is 0.335 e. The van der Waals surface area contributed by atoms with E-state index in [1.807, 2.05) is 0 Å². The summed E-state index contributed by atoms with van der Waals surface area (Å²) in [5, 5.41) is 12.1. The first-order chi connectivity index (χ1) is 8.97. The van der Waals surface area contributed by atoms with Gasteiger partial charge in [-0.2, -0.15) is 0 Å². The molecule has 2 rings (SSSR count). The van der Waals surface area contributed by atoms with Crippen LogP contribution in [0.3, 0.4) is 0 Å². The minimum atomic E-state index is -1.03. The average molecular weight is 265 g/mol. The first-order valence-electron chi connectivity index (χ1n) is 6.76. The normalized spacial score (nSPS) is 27.0. The molecule has 1 aliphatic rings. The maximum Gasteiger partial charge on any atom is 0.335 e. The summed E-state index contributed by atoms with van der Waals surface area (Å²) in [5.74, 6) is -0.246. The van der Waals surface area contributed by atoms with Crippen LogP contribution in [-0.2, 0) is 0 Å². The molecule has 19 heavy (non-hydrogen) atoms. The van der Waals surface area contributed by atoms with Crippen molar-refractivity contribution in [3.8, 4) is 0 Å². The van der Waals surface area contributed by atoms with Crippen LogP contribution in [0.2, 0.25) is 0 Å². The van der Waals surface area contributed by atoms with Crippen molar-refractivity contribution in [1.82, 2.24) is 0 Å². The molecule has 1 fully saturated rings. The Bertz CT molecular complexity index is 475. The van der Waals surface area contributed by atoms with Gasteiger partial charge in [0.25, 0.3) is 0 Å². The lowest BCUT2D eigenvalue weighted by Gasteiger charge is -2.34. The third-order valence-corrected chi connectivity index (χ3v) is 3.99. The summed E-state index contributed by atoms with van der Waals surface area (Å²) in [7, 11) is 0. The topological polar surface area (TPSA) is 49.3 Å². The predicted octanol–water partition coefficient (Wildman–Crippen LogP) is 3.76. The Kier molecular flexibility index (Phi) is 4.08. The van der Waals surface area contributed by atoms with Gasteiger partial charge in [-0.05, 0) is 49.3 Å². The molecule has 0 aliphatic heterocycles. The highest BCUT2D eigenvalue weighted by molar-refractivity contribution is 5.88. The molecule has 1 saturated carbocycles. The summed E-state index contributed by atoms with van der Waals surface area (Å²) in [6, 6.07) is 4.09. The number of carboxylic acids is 1. The van der Waals surface area contributed by atoms with Crippen LogP contribution >= 0.6 is 0 Å². The minimum Gasteiger partial charge on any atom is -0.478 e. The molecule has 0 saturated heterocycles. The molecule has 3 unspecified atom stereocenters. The molecule has 1 aliphatic carbocycles. The van der Waals surface area contributed by atoms with E-state index < -0.39 is 11.8 Å². The van der Waals surface area contributed by atoms with E-state index in [4.69, 9.17) is 5.11 Å². The van der Waals surface area contributed by atoms with E-state index in [2.05, 4.69) is 19.2 Å². The van der Waals surface area contributed by atoms with Crippen LogP contribution < -0.4 is 5.32 Å². The minimum absolute atomic E-state index is 0.112. The second kappa shape index (κ2) is 5.59. The maximum absolute atomic E-state index is 13.7. The third kappa shape index (κ3) is 3.25. The van der Waals surface area contributed by atoms with E-state index in [1.165, 1.54) is 18.2 Å². The van der Waals surface area contributed by atoms with Gasteiger partial charge < -0.3 is 10.4 Å². The summed E-state index contributed by atoms with van der Waals surface area (Å²) in [4.78, 5) is 10.9. The second-order valence-corrected chi connectivity index (χ2v) is 5.65. The summed E-state index contributed by atoms with van der Waals surface area (Å²) in [5.41, 5.74) is 0.409. The summed E-state index contributed by atoms with van der Waals surface area (Å²) >= 11 is 0.